The monoisotopic (exact) mass is 418 g/mol. The molecule has 0 aliphatic carbocycles. The number of ketones is 1. The first kappa shape index (κ1) is 22.2. The summed E-state index contributed by atoms with van der Waals surface area (Å²) < 4.78 is 10.5. The van der Waals surface area contributed by atoms with Crippen molar-refractivity contribution in [3.05, 3.63) is 86.8 Å². The quantitative estimate of drug-likeness (QED) is 0.213. The van der Waals surface area contributed by atoms with E-state index in [0.29, 0.717) is 16.5 Å². The predicted molar refractivity (Wildman–Crippen MR) is 122 cm³/mol. The van der Waals surface area contributed by atoms with Crippen molar-refractivity contribution in [2.24, 2.45) is 0 Å². The van der Waals surface area contributed by atoms with Crippen LogP contribution < -0.4 is 5.63 Å². The third kappa shape index (κ3) is 5.00. The van der Waals surface area contributed by atoms with Crippen LogP contribution in [0.15, 0.2) is 57.8 Å². The Hall–Kier alpha value is -3.47. The fraction of sp³-hybridized carbons (Fsp3) is 0.269. The summed E-state index contributed by atoms with van der Waals surface area (Å²) >= 11 is 0. The molecule has 0 bridgehead atoms. The molecule has 3 rings (SSSR count). The molecule has 0 aliphatic rings. The van der Waals surface area contributed by atoms with E-state index >= 15 is 0 Å². The molecule has 0 saturated carbocycles. The molecule has 0 fully saturated rings. The number of allylic oxidation sites excluding steroid dienone is 1. The highest BCUT2D eigenvalue weighted by molar-refractivity contribution is 6.07. The molecule has 31 heavy (non-hydrogen) atoms. The number of rotatable bonds is 7. The molecule has 5 nitrogen and oxygen atoms in total. The van der Waals surface area contributed by atoms with E-state index in [0.717, 1.165) is 23.1 Å². The molecule has 0 aliphatic heterocycles. The van der Waals surface area contributed by atoms with E-state index in [1.54, 1.807) is 31.2 Å². The number of hydrogen-bond donors (Lipinski definition) is 0. The first-order valence-electron chi connectivity index (χ1n) is 10.4. The van der Waals surface area contributed by atoms with Gasteiger partial charge in [0.1, 0.15) is 11.1 Å². The van der Waals surface area contributed by atoms with E-state index < -0.39 is 11.6 Å². The van der Waals surface area contributed by atoms with E-state index in [9.17, 15) is 14.4 Å². The van der Waals surface area contributed by atoms with Gasteiger partial charge in [0.05, 0.1) is 6.61 Å². The summed E-state index contributed by atoms with van der Waals surface area (Å²) in [5.41, 5.74) is 2.94. The van der Waals surface area contributed by atoms with Crippen LogP contribution in [-0.2, 0) is 4.74 Å². The number of carbonyl (C=O) groups excluding carboxylic acids is 2. The number of aryl methyl sites for hydroxylation is 1. The molecule has 160 valence electrons. The van der Waals surface area contributed by atoms with Crippen LogP contribution in [0.4, 0.5) is 0 Å². The van der Waals surface area contributed by atoms with Crippen LogP contribution in [0.2, 0.25) is 0 Å². The van der Waals surface area contributed by atoms with Crippen LogP contribution in [0.3, 0.4) is 0 Å². The van der Waals surface area contributed by atoms with Crippen LogP contribution in [-0.4, -0.2) is 18.4 Å². The minimum absolute atomic E-state index is 0.100. The molecule has 1 heterocycles. The van der Waals surface area contributed by atoms with Gasteiger partial charge in [-0.15, -0.1) is 0 Å². The van der Waals surface area contributed by atoms with Gasteiger partial charge in [-0.3, -0.25) is 4.79 Å². The molecule has 1 aromatic heterocycles. The molecule has 3 aromatic rings. The molecule has 0 N–H and O–H groups in total. The van der Waals surface area contributed by atoms with Gasteiger partial charge in [0.15, 0.2) is 5.78 Å². The minimum atomic E-state index is -0.714. The summed E-state index contributed by atoms with van der Waals surface area (Å²) in [6, 6.07) is 12.6. The van der Waals surface area contributed by atoms with Crippen molar-refractivity contribution in [1.82, 2.24) is 0 Å². The van der Waals surface area contributed by atoms with Crippen molar-refractivity contribution in [3.63, 3.8) is 0 Å². The lowest BCUT2D eigenvalue weighted by Gasteiger charge is -2.13. The molecule has 1 atom stereocenters. The van der Waals surface area contributed by atoms with E-state index in [2.05, 4.69) is 0 Å². The lowest BCUT2D eigenvalue weighted by molar-refractivity contribution is 0.0521. The second-order valence-electron chi connectivity index (χ2n) is 7.57. The van der Waals surface area contributed by atoms with Gasteiger partial charge in [0.25, 0.3) is 0 Å². The largest absolute Gasteiger partial charge is 0.462 e. The molecule has 0 spiro atoms. The summed E-state index contributed by atoms with van der Waals surface area (Å²) in [4.78, 5) is 37.0. The highest BCUT2D eigenvalue weighted by Gasteiger charge is 2.18. The van der Waals surface area contributed by atoms with E-state index in [1.807, 2.05) is 39.0 Å². The second-order valence-corrected chi connectivity index (χ2v) is 7.57. The van der Waals surface area contributed by atoms with E-state index in [4.69, 9.17) is 9.15 Å². The van der Waals surface area contributed by atoms with Crippen molar-refractivity contribution < 1.29 is 18.7 Å². The summed E-state index contributed by atoms with van der Waals surface area (Å²) in [6.07, 6.45) is 4.11. The zero-order chi connectivity index (χ0) is 22.5. The van der Waals surface area contributed by atoms with Crippen LogP contribution in [0.25, 0.3) is 17.0 Å². The van der Waals surface area contributed by atoms with Crippen molar-refractivity contribution in [2.75, 3.05) is 6.61 Å². The molecule has 0 radical (unpaired) electrons. The highest BCUT2D eigenvalue weighted by Crippen LogP contribution is 2.29. The Balaban J connectivity index is 2.07. The van der Waals surface area contributed by atoms with Gasteiger partial charge in [-0.1, -0.05) is 49.8 Å². The van der Waals surface area contributed by atoms with Crippen LogP contribution >= 0.6 is 0 Å². The normalized spacial score (nSPS) is 12.3. The molecule has 1 unspecified atom stereocenters. The van der Waals surface area contributed by atoms with Crippen LogP contribution in [0.1, 0.15) is 70.5 Å². The maximum atomic E-state index is 12.5. The van der Waals surface area contributed by atoms with Crippen LogP contribution in [0.5, 0.6) is 0 Å². The van der Waals surface area contributed by atoms with Crippen molar-refractivity contribution in [1.29, 1.82) is 0 Å². The Morgan fingerprint density at radius 3 is 2.45 bits per heavy atom. The van der Waals surface area contributed by atoms with Crippen molar-refractivity contribution in [2.45, 2.75) is 40.0 Å². The third-order valence-corrected chi connectivity index (χ3v) is 5.29. The molecular weight excluding hydrogens is 392 g/mol. The van der Waals surface area contributed by atoms with Crippen molar-refractivity contribution in [3.8, 4) is 0 Å². The van der Waals surface area contributed by atoms with Gasteiger partial charge in [-0.2, -0.15) is 0 Å². The Morgan fingerprint density at radius 1 is 1.10 bits per heavy atom. The Kier molecular flexibility index (Phi) is 6.85. The standard InChI is InChI=1S/C26H26O5/c1-5-17(4)21-14-18(9-12-23(27)19-10-7-16(3)8-11-19)13-20-15-22(25(28)30-6-2)26(29)31-24(20)21/h7-15,17H,5-6H2,1-4H3. The van der Waals surface area contributed by atoms with Gasteiger partial charge in [-0.25, -0.2) is 9.59 Å². The average Bonchev–Trinajstić information content (AvgIpc) is 2.76. The van der Waals surface area contributed by atoms with Crippen LogP contribution in [0, 0.1) is 6.92 Å². The van der Waals surface area contributed by atoms with Gasteiger partial charge < -0.3 is 9.15 Å². The lowest BCUT2D eigenvalue weighted by Crippen LogP contribution is -2.16. The molecule has 0 saturated heterocycles. The number of carbonyl (C=O) groups is 2. The predicted octanol–water partition coefficient (Wildman–Crippen LogP) is 5.69. The molecular formula is C26H26O5. The SMILES string of the molecule is CCOC(=O)c1cc2cc(C=CC(=O)c3ccc(C)cc3)cc(C(C)CC)c2oc1=O. The maximum absolute atomic E-state index is 12.5. The smallest absolute Gasteiger partial charge is 0.351 e. The van der Waals surface area contributed by atoms with Gasteiger partial charge in [0.2, 0.25) is 0 Å². The fourth-order valence-electron chi connectivity index (χ4n) is 3.30. The molecule has 2 aromatic carbocycles. The Morgan fingerprint density at radius 2 is 1.81 bits per heavy atom. The highest BCUT2D eigenvalue weighted by atomic mass is 16.5. The zero-order valence-corrected chi connectivity index (χ0v) is 18.2. The number of esters is 1. The number of ether oxygens (including phenoxy) is 1. The van der Waals surface area contributed by atoms with E-state index in [1.165, 1.54) is 12.1 Å². The topological polar surface area (TPSA) is 73.6 Å². The summed E-state index contributed by atoms with van der Waals surface area (Å²) in [7, 11) is 0. The fourth-order valence-corrected chi connectivity index (χ4v) is 3.30. The summed E-state index contributed by atoms with van der Waals surface area (Å²) in [5.74, 6) is -0.684. The first-order chi connectivity index (χ1) is 14.8. The Bertz CT molecular complexity index is 1200. The van der Waals surface area contributed by atoms with Crippen molar-refractivity contribution >= 4 is 28.8 Å². The number of hydrogen-bond acceptors (Lipinski definition) is 5. The summed E-state index contributed by atoms with van der Waals surface area (Å²) in [6.45, 7) is 7.90. The second kappa shape index (κ2) is 9.56. The molecule has 0 amide bonds. The Labute approximate surface area is 181 Å². The lowest BCUT2D eigenvalue weighted by atomic mass is 9.93. The average molecular weight is 418 g/mol. The first-order valence-corrected chi connectivity index (χ1v) is 10.4. The van der Waals surface area contributed by atoms with Gasteiger partial charge >= 0.3 is 11.6 Å². The number of fused-ring (bicyclic) bond motifs is 1. The zero-order valence-electron chi connectivity index (χ0n) is 18.2. The molecule has 5 heteroatoms. The number of benzene rings is 2. The van der Waals surface area contributed by atoms with Gasteiger partial charge in [0, 0.05) is 10.9 Å². The third-order valence-electron chi connectivity index (χ3n) is 5.29. The van der Waals surface area contributed by atoms with Gasteiger partial charge in [-0.05, 0) is 61.6 Å². The van der Waals surface area contributed by atoms with E-state index in [-0.39, 0.29) is 23.9 Å². The minimum Gasteiger partial charge on any atom is -0.462 e. The summed E-state index contributed by atoms with van der Waals surface area (Å²) in [5, 5.41) is 0.614. The maximum Gasteiger partial charge on any atom is 0.351 e.